The Bertz CT molecular complexity index is 605. The molecule has 4 heteroatoms. The zero-order valence-corrected chi connectivity index (χ0v) is 15.5. The lowest BCUT2D eigenvalue weighted by molar-refractivity contribution is -0.122. The summed E-state index contributed by atoms with van der Waals surface area (Å²) in [6.07, 6.45) is 8.06. The molecule has 0 spiro atoms. The molecule has 1 fully saturated rings. The molecule has 1 aromatic heterocycles. The topological polar surface area (TPSA) is 54.0 Å². The van der Waals surface area contributed by atoms with E-state index in [1.165, 1.54) is 17.7 Å². The number of rotatable bonds is 4. The second kappa shape index (κ2) is 6.47. The van der Waals surface area contributed by atoms with E-state index in [1.807, 2.05) is 6.20 Å². The third-order valence-corrected chi connectivity index (χ3v) is 5.21. The first-order valence-corrected chi connectivity index (χ1v) is 9.25. The van der Waals surface area contributed by atoms with Crippen molar-refractivity contribution in [3.8, 4) is 0 Å². The van der Waals surface area contributed by atoms with E-state index < -0.39 is 0 Å². The summed E-state index contributed by atoms with van der Waals surface area (Å²) in [7, 11) is 0. The highest BCUT2D eigenvalue weighted by Gasteiger charge is 2.38. The number of hydrogen-bond donors (Lipinski definition) is 2. The molecule has 4 nitrogen and oxygen atoms in total. The Morgan fingerprint density at radius 1 is 1.25 bits per heavy atom. The average Bonchev–Trinajstić information content (AvgIpc) is 2.89. The van der Waals surface area contributed by atoms with Crippen molar-refractivity contribution >= 4 is 5.91 Å². The molecule has 0 radical (unpaired) electrons. The van der Waals surface area contributed by atoms with Gasteiger partial charge in [0, 0.05) is 35.9 Å². The average molecular weight is 329 g/mol. The maximum atomic E-state index is 12.4. The Morgan fingerprint density at radius 2 is 1.96 bits per heavy atom. The van der Waals surface area contributed by atoms with Crippen molar-refractivity contribution in [2.45, 2.75) is 83.8 Å². The van der Waals surface area contributed by atoms with E-state index in [0.717, 1.165) is 31.2 Å². The van der Waals surface area contributed by atoms with Gasteiger partial charge in [0.15, 0.2) is 0 Å². The fourth-order valence-corrected chi connectivity index (χ4v) is 4.79. The Labute approximate surface area is 145 Å². The summed E-state index contributed by atoms with van der Waals surface area (Å²) < 4.78 is 0. The lowest BCUT2D eigenvalue weighted by atomic mass is 9.74. The van der Waals surface area contributed by atoms with Crippen LogP contribution in [0.4, 0.5) is 0 Å². The molecule has 1 aliphatic carbocycles. The van der Waals surface area contributed by atoms with E-state index in [4.69, 9.17) is 0 Å². The quantitative estimate of drug-likeness (QED) is 0.892. The van der Waals surface area contributed by atoms with Crippen molar-refractivity contribution in [2.75, 3.05) is 0 Å². The number of nitrogens with one attached hydrogen (secondary N) is 2. The van der Waals surface area contributed by atoms with Gasteiger partial charge in [-0.25, -0.2) is 0 Å². The maximum Gasteiger partial charge on any atom is 0.220 e. The largest absolute Gasteiger partial charge is 0.352 e. The molecule has 1 aromatic rings. The normalized spacial score (nSPS) is 22.2. The number of nitrogens with zero attached hydrogens (tertiary/aromatic N) is 1. The van der Waals surface area contributed by atoms with Gasteiger partial charge in [-0.3, -0.25) is 9.78 Å². The number of aryl methyl sites for hydroxylation is 2. The summed E-state index contributed by atoms with van der Waals surface area (Å²) in [5, 5.41) is 6.77. The molecule has 0 unspecified atom stereocenters. The van der Waals surface area contributed by atoms with Crippen LogP contribution in [0.15, 0.2) is 12.3 Å². The first-order valence-electron chi connectivity index (χ1n) is 9.25. The molecule has 0 bridgehead atoms. The fourth-order valence-electron chi connectivity index (χ4n) is 4.79. The lowest BCUT2D eigenvalue weighted by Crippen LogP contribution is -2.58. The van der Waals surface area contributed by atoms with Crippen molar-refractivity contribution in [1.82, 2.24) is 15.6 Å². The van der Waals surface area contributed by atoms with Crippen LogP contribution in [0.3, 0.4) is 0 Å². The smallest absolute Gasteiger partial charge is 0.220 e. The highest BCUT2D eigenvalue weighted by atomic mass is 16.1. The van der Waals surface area contributed by atoms with Crippen LogP contribution in [-0.2, 0) is 24.2 Å². The zero-order chi connectivity index (χ0) is 17.4. The van der Waals surface area contributed by atoms with E-state index in [1.54, 1.807) is 0 Å². The fraction of sp³-hybridized carbons (Fsp3) is 0.700. The summed E-state index contributed by atoms with van der Waals surface area (Å²) in [6.45, 7) is 9.52. The summed E-state index contributed by atoms with van der Waals surface area (Å²) >= 11 is 0. The van der Waals surface area contributed by atoms with Gasteiger partial charge < -0.3 is 10.6 Å². The molecule has 2 heterocycles. The van der Waals surface area contributed by atoms with E-state index in [-0.39, 0.29) is 17.0 Å². The molecule has 0 aromatic carbocycles. The molecule has 0 atom stereocenters. The van der Waals surface area contributed by atoms with Crippen LogP contribution in [0.5, 0.6) is 0 Å². The first kappa shape index (κ1) is 17.4. The molecule has 2 N–H and O–H groups in total. The maximum absolute atomic E-state index is 12.4. The summed E-state index contributed by atoms with van der Waals surface area (Å²) in [5.41, 5.74) is 3.91. The van der Waals surface area contributed by atoms with Crippen molar-refractivity contribution in [3.63, 3.8) is 0 Å². The van der Waals surface area contributed by atoms with E-state index in [9.17, 15) is 4.79 Å². The van der Waals surface area contributed by atoms with Gasteiger partial charge in [0.2, 0.25) is 5.91 Å². The van der Waals surface area contributed by atoms with Crippen LogP contribution in [0.25, 0.3) is 0 Å². The van der Waals surface area contributed by atoms with E-state index >= 15 is 0 Å². The molecule has 3 rings (SSSR count). The van der Waals surface area contributed by atoms with Crippen LogP contribution >= 0.6 is 0 Å². The molecule has 132 valence electrons. The van der Waals surface area contributed by atoms with Gasteiger partial charge in [-0.05, 0) is 76.8 Å². The first-order chi connectivity index (χ1) is 11.2. The molecule has 1 saturated heterocycles. The molecule has 0 saturated carbocycles. The summed E-state index contributed by atoms with van der Waals surface area (Å²) in [6, 6.07) is 2.21. The highest BCUT2D eigenvalue weighted by molar-refractivity contribution is 5.76. The van der Waals surface area contributed by atoms with Gasteiger partial charge in [0.05, 0.1) is 0 Å². The Hall–Kier alpha value is -1.42. The molecule has 2 aliphatic rings. The number of fused-ring (bicyclic) bond motifs is 1. The van der Waals surface area contributed by atoms with Gasteiger partial charge in [-0.2, -0.15) is 0 Å². The van der Waals surface area contributed by atoms with Crippen LogP contribution < -0.4 is 10.6 Å². The number of carbonyl (C=O) groups excluding carboxylic acids is 1. The number of carbonyl (C=O) groups is 1. The highest BCUT2D eigenvalue weighted by Crippen LogP contribution is 2.34. The Kier molecular flexibility index (Phi) is 4.69. The molecule has 1 aliphatic heterocycles. The van der Waals surface area contributed by atoms with Gasteiger partial charge in [0.1, 0.15) is 0 Å². The lowest BCUT2D eigenvalue weighted by Gasteiger charge is -2.46. The summed E-state index contributed by atoms with van der Waals surface area (Å²) in [4.78, 5) is 16.9. The summed E-state index contributed by atoms with van der Waals surface area (Å²) in [5.74, 6) is 0.600. The van der Waals surface area contributed by atoms with Crippen molar-refractivity contribution in [2.24, 2.45) is 5.92 Å². The standard InChI is InChI=1S/C20H31N3O/c1-19(2)10-14(11-20(3,4)23-19)9-18(24)22-13-15-8-16-6-5-7-17(16)21-12-15/h8,12,14,23H,5-7,9-11,13H2,1-4H3,(H,22,24). The monoisotopic (exact) mass is 329 g/mol. The number of hydrogen-bond acceptors (Lipinski definition) is 3. The van der Waals surface area contributed by atoms with Gasteiger partial charge in [-0.15, -0.1) is 0 Å². The van der Waals surface area contributed by atoms with Gasteiger partial charge in [-0.1, -0.05) is 6.07 Å². The van der Waals surface area contributed by atoms with Crippen molar-refractivity contribution in [3.05, 3.63) is 29.1 Å². The second-order valence-corrected chi connectivity index (χ2v) is 8.95. The van der Waals surface area contributed by atoms with Gasteiger partial charge in [0.25, 0.3) is 0 Å². The van der Waals surface area contributed by atoms with E-state index in [0.29, 0.717) is 18.9 Å². The molecular weight excluding hydrogens is 298 g/mol. The number of piperidine rings is 1. The number of aromatic nitrogens is 1. The van der Waals surface area contributed by atoms with E-state index in [2.05, 4.69) is 49.4 Å². The molecule has 24 heavy (non-hydrogen) atoms. The van der Waals surface area contributed by atoms with Crippen LogP contribution in [0, 0.1) is 5.92 Å². The molecular formula is C20H31N3O. The third kappa shape index (κ3) is 4.35. The van der Waals surface area contributed by atoms with Gasteiger partial charge >= 0.3 is 0 Å². The van der Waals surface area contributed by atoms with Crippen molar-refractivity contribution < 1.29 is 4.79 Å². The second-order valence-electron chi connectivity index (χ2n) is 8.95. The van der Waals surface area contributed by atoms with Crippen molar-refractivity contribution in [1.29, 1.82) is 0 Å². The minimum Gasteiger partial charge on any atom is -0.352 e. The Balaban J connectivity index is 1.52. The van der Waals surface area contributed by atoms with Crippen LogP contribution in [0.2, 0.25) is 0 Å². The SMILES string of the molecule is CC1(C)CC(CC(=O)NCc2cnc3c(c2)CCC3)CC(C)(C)N1. The number of amides is 1. The third-order valence-electron chi connectivity index (χ3n) is 5.21. The minimum absolute atomic E-state index is 0.0939. The zero-order valence-electron chi connectivity index (χ0n) is 15.5. The Morgan fingerprint density at radius 3 is 2.67 bits per heavy atom. The predicted molar refractivity (Wildman–Crippen MR) is 96.7 cm³/mol. The van der Waals surface area contributed by atoms with Crippen LogP contribution in [-0.4, -0.2) is 22.0 Å². The predicted octanol–water partition coefficient (Wildman–Crippen LogP) is 3.13. The molecule has 1 amide bonds. The van der Waals surface area contributed by atoms with Crippen LogP contribution in [0.1, 0.15) is 70.2 Å². The minimum atomic E-state index is 0.0939. The number of pyridine rings is 1.